The van der Waals surface area contributed by atoms with Crippen LogP contribution in [0.3, 0.4) is 0 Å². The molecule has 0 saturated heterocycles. The number of rotatable bonds is 1. The molecule has 5 heteroatoms. The molecule has 2 aromatic heterocycles. The average molecular weight is 177 g/mol. The van der Waals surface area contributed by atoms with Crippen LogP contribution >= 0.6 is 0 Å². The Morgan fingerprint density at radius 1 is 1.31 bits per heavy atom. The van der Waals surface area contributed by atoms with Gasteiger partial charge in [0.25, 0.3) is 0 Å². The topological polar surface area (TPSA) is 68.8 Å². The van der Waals surface area contributed by atoms with E-state index in [1.165, 1.54) is 4.68 Å². The maximum Gasteiger partial charge on any atom is 0.248 e. The first-order valence-electron chi connectivity index (χ1n) is 3.82. The van der Waals surface area contributed by atoms with Crippen molar-refractivity contribution in [2.75, 3.05) is 5.84 Å². The molecule has 2 rings (SSSR count). The third kappa shape index (κ3) is 1.48. The van der Waals surface area contributed by atoms with Crippen molar-refractivity contribution in [3.63, 3.8) is 0 Å². The van der Waals surface area contributed by atoms with Crippen molar-refractivity contribution in [2.24, 2.45) is 0 Å². The fraction of sp³-hybridized carbons (Fsp3) is 0.125. The number of aromatic nitrogens is 3. The molecule has 2 heterocycles. The maximum atomic E-state index is 5.46. The molecule has 0 fully saturated rings. The summed E-state index contributed by atoms with van der Waals surface area (Å²) >= 11 is 0. The van der Waals surface area contributed by atoms with Crippen molar-refractivity contribution in [1.29, 1.82) is 0 Å². The third-order valence-corrected chi connectivity index (χ3v) is 1.63. The second-order valence-electron chi connectivity index (χ2n) is 2.66. The summed E-state index contributed by atoms with van der Waals surface area (Å²) in [7, 11) is 0. The molecule has 2 aromatic rings. The van der Waals surface area contributed by atoms with Crippen LogP contribution in [0, 0.1) is 6.92 Å². The van der Waals surface area contributed by atoms with Crippen molar-refractivity contribution in [3.8, 4) is 11.5 Å². The molecule has 0 atom stereocenters. The summed E-state index contributed by atoms with van der Waals surface area (Å²) in [5.74, 6) is 6.53. The van der Waals surface area contributed by atoms with E-state index in [0.717, 1.165) is 5.56 Å². The van der Waals surface area contributed by atoms with Gasteiger partial charge in [0.05, 0.1) is 5.56 Å². The number of hydrogen-bond acceptors (Lipinski definition) is 4. The molecule has 0 aliphatic heterocycles. The first kappa shape index (κ1) is 7.72. The van der Waals surface area contributed by atoms with Gasteiger partial charge in [-0.15, -0.1) is 10.2 Å². The maximum absolute atomic E-state index is 5.46. The van der Waals surface area contributed by atoms with E-state index in [4.69, 9.17) is 10.3 Å². The van der Waals surface area contributed by atoms with Crippen LogP contribution in [0.2, 0.25) is 0 Å². The van der Waals surface area contributed by atoms with Crippen LogP contribution in [0.1, 0.15) is 5.89 Å². The van der Waals surface area contributed by atoms with E-state index in [2.05, 4.69) is 10.2 Å². The number of pyridine rings is 1. The lowest BCUT2D eigenvalue weighted by atomic mass is 10.3. The molecule has 0 amide bonds. The van der Waals surface area contributed by atoms with Crippen molar-refractivity contribution in [1.82, 2.24) is 10.2 Å². The van der Waals surface area contributed by atoms with E-state index in [0.29, 0.717) is 11.8 Å². The monoisotopic (exact) mass is 177 g/mol. The van der Waals surface area contributed by atoms with Gasteiger partial charge in [0.15, 0.2) is 12.4 Å². The van der Waals surface area contributed by atoms with Gasteiger partial charge in [-0.1, -0.05) is 4.68 Å². The van der Waals surface area contributed by atoms with Gasteiger partial charge in [0, 0.05) is 19.1 Å². The van der Waals surface area contributed by atoms with Crippen LogP contribution in [-0.4, -0.2) is 10.2 Å². The predicted molar refractivity (Wildman–Crippen MR) is 44.8 cm³/mol. The Hall–Kier alpha value is -1.91. The van der Waals surface area contributed by atoms with Gasteiger partial charge in [-0.3, -0.25) is 0 Å². The van der Waals surface area contributed by atoms with Gasteiger partial charge < -0.3 is 4.42 Å². The van der Waals surface area contributed by atoms with Crippen molar-refractivity contribution >= 4 is 0 Å². The van der Waals surface area contributed by atoms with Crippen LogP contribution in [0.25, 0.3) is 11.5 Å². The third-order valence-electron chi connectivity index (χ3n) is 1.63. The summed E-state index contributed by atoms with van der Waals surface area (Å²) in [5.41, 5.74) is 0.863. The standard InChI is InChI=1S/C8H9N4O/c1-6-10-11-8(13-6)7-2-4-12(9)5-3-7/h2-5H,9H2,1H3/q+1. The largest absolute Gasteiger partial charge is 0.421 e. The zero-order valence-corrected chi connectivity index (χ0v) is 7.14. The predicted octanol–water partition coefficient (Wildman–Crippen LogP) is 0.0463. The molecule has 2 N–H and O–H groups in total. The Bertz CT molecular complexity index is 406. The van der Waals surface area contributed by atoms with E-state index in [1.54, 1.807) is 19.3 Å². The highest BCUT2D eigenvalue weighted by Crippen LogP contribution is 2.14. The van der Waals surface area contributed by atoms with E-state index in [1.807, 2.05) is 12.1 Å². The second kappa shape index (κ2) is 2.85. The molecule has 0 spiro atoms. The SMILES string of the molecule is Cc1nnc(-c2cc[n+](N)cc2)o1. The Morgan fingerprint density at radius 2 is 2.00 bits per heavy atom. The first-order valence-corrected chi connectivity index (χ1v) is 3.82. The lowest BCUT2D eigenvalue weighted by Gasteiger charge is -1.90. The van der Waals surface area contributed by atoms with E-state index in [-0.39, 0.29) is 0 Å². The molecule has 0 aliphatic carbocycles. The molecule has 0 radical (unpaired) electrons. The normalized spacial score (nSPS) is 10.2. The van der Waals surface area contributed by atoms with Crippen LogP contribution in [0.5, 0.6) is 0 Å². The van der Waals surface area contributed by atoms with Gasteiger partial charge >= 0.3 is 0 Å². The first-order chi connectivity index (χ1) is 6.25. The molecule has 5 nitrogen and oxygen atoms in total. The minimum absolute atomic E-state index is 0.512. The molecule has 0 bridgehead atoms. The van der Waals surface area contributed by atoms with E-state index >= 15 is 0 Å². The zero-order chi connectivity index (χ0) is 9.26. The number of nitrogen functional groups attached to an aromatic ring is 1. The molecular weight excluding hydrogens is 168 g/mol. The highest BCUT2D eigenvalue weighted by molar-refractivity contribution is 5.50. The quantitative estimate of drug-likeness (QED) is 0.493. The minimum Gasteiger partial charge on any atom is -0.421 e. The van der Waals surface area contributed by atoms with Gasteiger partial charge in [-0.25, -0.2) is 5.84 Å². The lowest BCUT2D eigenvalue weighted by Crippen LogP contribution is -2.43. The molecule has 0 aliphatic rings. The van der Waals surface area contributed by atoms with E-state index < -0.39 is 0 Å². The lowest BCUT2D eigenvalue weighted by molar-refractivity contribution is -0.638. The summed E-state index contributed by atoms with van der Waals surface area (Å²) in [4.78, 5) is 0. The van der Waals surface area contributed by atoms with E-state index in [9.17, 15) is 0 Å². The minimum atomic E-state index is 0.512. The second-order valence-corrected chi connectivity index (χ2v) is 2.66. The van der Waals surface area contributed by atoms with Crippen molar-refractivity contribution < 1.29 is 9.09 Å². The summed E-state index contributed by atoms with van der Waals surface area (Å²) in [6, 6.07) is 3.62. The summed E-state index contributed by atoms with van der Waals surface area (Å²) in [6.07, 6.45) is 3.43. The number of hydrogen-bond donors (Lipinski definition) is 1. The summed E-state index contributed by atoms with van der Waals surface area (Å²) < 4.78 is 6.69. The van der Waals surface area contributed by atoms with Gasteiger partial charge in [-0.05, 0) is 0 Å². The number of aryl methyl sites for hydroxylation is 1. The molecule has 66 valence electrons. The number of nitrogens with zero attached hydrogens (tertiary/aromatic N) is 3. The van der Waals surface area contributed by atoms with Crippen LogP contribution in [0.15, 0.2) is 28.9 Å². The Morgan fingerprint density at radius 3 is 2.54 bits per heavy atom. The molecule has 0 unspecified atom stereocenters. The summed E-state index contributed by atoms with van der Waals surface area (Å²) in [6.45, 7) is 1.75. The van der Waals surface area contributed by atoms with Crippen molar-refractivity contribution in [3.05, 3.63) is 30.4 Å². The van der Waals surface area contributed by atoms with Crippen LogP contribution in [0.4, 0.5) is 0 Å². The Labute approximate surface area is 74.8 Å². The Kier molecular flexibility index (Phi) is 1.70. The Balaban J connectivity index is 2.41. The average Bonchev–Trinajstić information content (AvgIpc) is 2.53. The van der Waals surface area contributed by atoms with Gasteiger partial charge in [0.1, 0.15) is 0 Å². The molecule has 13 heavy (non-hydrogen) atoms. The molecule has 0 saturated carbocycles. The molecular formula is C8H9N4O+. The van der Waals surface area contributed by atoms with Gasteiger partial charge in [-0.2, -0.15) is 0 Å². The fourth-order valence-corrected chi connectivity index (χ4v) is 0.994. The van der Waals surface area contributed by atoms with Crippen molar-refractivity contribution in [2.45, 2.75) is 6.92 Å². The highest BCUT2D eigenvalue weighted by Gasteiger charge is 2.06. The zero-order valence-electron chi connectivity index (χ0n) is 7.14. The number of nitrogens with two attached hydrogens (primary N) is 1. The smallest absolute Gasteiger partial charge is 0.248 e. The fourth-order valence-electron chi connectivity index (χ4n) is 0.994. The van der Waals surface area contributed by atoms with Crippen LogP contribution in [-0.2, 0) is 0 Å². The molecule has 0 aromatic carbocycles. The summed E-state index contributed by atoms with van der Waals surface area (Å²) in [5, 5.41) is 7.61. The van der Waals surface area contributed by atoms with Crippen LogP contribution < -0.4 is 10.5 Å². The van der Waals surface area contributed by atoms with Gasteiger partial charge in [0.2, 0.25) is 11.8 Å². The highest BCUT2D eigenvalue weighted by atomic mass is 16.4.